The summed E-state index contributed by atoms with van der Waals surface area (Å²) in [6.07, 6.45) is 0. The average Bonchev–Trinajstić information content (AvgIpc) is 2.51. The molecule has 0 saturated heterocycles. The maximum absolute atomic E-state index is 5.79. The molecule has 5 nitrogen and oxygen atoms in total. The van der Waals surface area contributed by atoms with Gasteiger partial charge in [-0.3, -0.25) is 0 Å². The molecule has 0 aromatic carbocycles. The van der Waals surface area contributed by atoms with Gasteiger partial charge in [0.15, 0.2) is 5.82 Å². The van der Waals surface area contributed by atoms with Crippen LogP contribution in [0.5, 0.6) is 0 Å². The third-order valence-electron chi connectivity index (χ3n) is 1.80. The lowest BCUT2D eigenvalue weighted by atomic mass is 9.97. The Bertz CT molecular complexity index is 283. The van der Waals surface area contributed by atoms with Gasteiger partial charge < -0.3 is 5.32 Å². The van der Waals surface area contributed by atoms with Gasteiger partial charge in [-0.05, 0) is 10.6 Å². The number of aryl methyl sites for hydroxylation is 1. The van der Waals surface area contributed by atoms with E-state index in [9.17, 15) is 0 Å². The number of nitrogens with one attached hydrogen (secondary N) is 1. The minimum absolute atomic E-state index is 0.101. The molecule has 6 heteroatoms. The van der Waals surface area contributed by atoms with Crippen molar-refractivity contribution >= 4 is 11.6 Å². The third-order valence-corrected chi connectivity index (χ3v) is 2.52. The summed E-state index contributed by atoms with van der Waals surface area (Å²) >= 11 is 5.79. The van der Waals surface area contributed by atoms with Crippen molar-refractivity contribution in [3.8, 4) is 0 Å². The summed E-state index contributed by atoms with van der Waals surface area (Å²) in [5, 5.41) is 14.9. The van der Waals surface area contributed by atoms with Crippen LogP contribution in [-0.2, 0) is 13.6 Å². The van der Waals surface area contributed by atoms with Crippen LogP contribution in [0.25, 0.3) is 0 Å². The second-order valence-electron chi connectivity index (χ2n) is 4.10. The van der Waals surface area contributed by atoms with E-state index in [-0.39, 0.29) is 5.41 Å². The van der Waals surface area contributed by atoms with Crippen LogP contribution in [0.2, 0.25) is 0 Å². The first kappa shape index (κ1) is 11.4. The molecule has 0 unspecified atom stereocenters. The molecule has 0 saturated carbocycles. The van der Waals surface area contributed by atoms with E-state index in [4.69, 9.17) is 11.6 Å². The summed E-state index contributed by atoms with van der Waals surface area (Å²) < 4.78 is 0. The second-order valence-corrected chi connectivity index (χ2v) is 4.36. The van der Waals surface area contributed by atoms with Crippen LogP contribution in [0.15, 0.2) is 0 Å². The number of halogens is 1. The summed E-state index contributed by atoms with van der Waals surface area (Å²) in [7, 11) is 1.75. The number of rotatable bonds is 5. The van der Waals surface area contributed by atoms with Crippen LogP contribution >= 0.6 is 11.6 Å². The molecular formula is C8H16ClN5. The Balaban J connectivity index is 2.28. The van der Waals surface area contributed by atoms with Crippen LogP contribution in [0.4, 0.5) is 0 Å². The van der Waals surface area contributed by atoms with Crippen molar-refractivity contribution in [3.05, 3.63) is 5.82 Å². The van der Waals surface area contributed by atoms with Crippen molar-refractivity contribution < 1.29 is 0 Å². The van der Waals surface area contributed by atoms with E-state index >= 15 is 0 Å². The van der Waals surface area contributed by atoms with Crippen molar-refractivity contribution in [2.45, 2.75) is 20.4 Å². The highest BCUT2D eigenvalue weighted by Gasteiger charge is 2.15. The van der Waals surface area contributed by atoms with E-state index in [0.29, 0.717) is 18.2 Å². The van der Waals surface area contributed by atoms with E-state index in [2.05, 4.69) is 34.6 Å². The van der Waals surface area contributed by atoms with Gasteiger partial charge in [0.1, 0.15) is 0 Å². The first-order chi connectivity index (χ1) is 6.53. The van der Waals surface area contributed by atoms with Crippen molar-refractivity contribution in [1.29, 1.82) is 0 Å². The van der Waals surface area contributed by atoms with Crippen LogP contribution in [-0.4, -0.2) is 32.6 Å². The van der Waals surface area contributed by atoms with Gasteiger partial charge in [-0.25, -0.2) is 0 Å². The fourth-order valence-corrected chi connectivity index (χ4v) is 1.05. The zero-order valence-corrected chi connectivity index (χ0v) is 9.54. The van der Waals surface area contributed by atoms with Crippen molar-refractivity contribution in [3.63, 3.8) is 0 Å². The van der Waals surface area contributed by atoms with Crippen LogP contribution in [0.1, 0.15) is 19.7 Å². The van der Waals surface area contributed by atoms with Crippen molar-refractivity contribution in [1.82, 2.24) is 25.5 Å². The number of hydrogen-bond donors (Lipinski definition) is 1. The predicted octanol–water partition coefficient (Wildman–Crippen LogP) is 0.565. The van der Waals surface area contributed by atoms with Crippen LogP contribution in [0.3, 0.4) is 0 Å². The zero-order chi connectivity index (χ0) is 10.6. The number of aromatic nitrogens is 4. The van der Waals surface area contributed by atoms with E-state index in [1.807, 2.05) is 0 Å². The van der Waals surface area contributed by atoms with Crippen molar-refractivity contribution in [2.24, 2.45) is 12.5 Å². The van der Waals surface area contributed by atoms with Gasteiger partial charge in [0.25, 0.3) is 0 Å². The topological polar surface area (TPSA) is 55.6 Å². The minimum atomic E-state index is 0.101. The predicted molar refractivity (Wildman–Crippen MR) is 55.0 cm³/mol. The lowest BCUT2D eigenvalue weighted by Gasteiger charge is -2.20. The normalized spacial score (nSPS) is 12.0. The van der Waals surface area contributed by atoms with Gasteiger partial charge in [-0.2, -0.15) is 4.80 Å². The summed E-state index contributed by atoms with van der Waals surface area (Å²) in [6, 6.07) is 0. The third kappa shape index (κ3) is 3.59. The molecule has 0 aliphatic heterocycles. The number of hydrogen-bond acceptors (Lipinski definition) is 4. The minimum Gasteiger partial charge on any atom is -0.309 e. The lowest BCUT2D eigenvalue weighted by molar-refractivity contribution is 0.382. The fraction of sp³-hybridized carbons (Fsp3) is 0.875. The number of nitrogens with zero attached hydrogens (tertiary/aromatic N) is 4. The van der Waals surface area contributed by atoms with E-state index in [1.54, 1.807) is 7.05 Å². The lowest BCUT2D eigenvalue weighted by Crippen LogP contribution is -2.30. The summed E-state index contributed by atoms with van der Waals surface area (Å²) in [6.45, 7) is 5.69. The Kier molecular flexibility index (Phi) is 3.83. The van der Waals surface area contributed by atoms with Gasteiger partial charge in [-0.15, -0.1) is 21.8 Å². The Hall–Kier alpha value is -0.680. The molecule has 14 heavy (non-hydrogen) atoms. The Morgan fingerprint density at radius 2 is 2.21 bits per heavy atom. The standard InChI is InChI=1S/C8H16ClN5/c1-8(2,5-9)6-10-4-7-11-13-14(3)12-7/h10H,4-6H2,1-3H3. The van der Waals surface area contributed by atoms with Gasteiger partial charge >= 0.3 is 0 Å². The Morgan fingerprint density at radius 3 is 2.71 bits per heavy atom. The largest absolute Gasteiger partial charge is 0.309 e. The number of tetrazole rings is 1. The molecule has 1 aromatic heterocycles. The quantitative estimate of drug-likeness (QED) is 0.733. The highest BCUT2D eigenvalue weighted by molar-refractivity contribution is 6.18. The fourth-order valence-electron chi connectivity index (χ4n) is 0.954. The van der Waals surface area contributed by atoms with Gasteiger partial charge in [-0.1, -0.05) is 13.8 Å². The van der Waals surface area contributed by atoms with Gasteiger partial charge in [0, 0.05) is 12.4 Å². The highest BCUT2D eigenvalue weighted by Crippen LogP contribution is 2.14. The van der Waals surface area contributed by atoms with E-state index < -0.39 is 0 Å². The molecule has 0 radical (unpaired) electrons. The molecule has 0 amide bonds. The Labute approximate surface area is 88.8 Å². The molecule has 80 valence electrons. The van der Waals surface area contributed by atoms with Crippen LogP contribution < -0.4 is 5.32 Å². The van der Waals surface area contributed by atoms with Gasteiger partial charge in [0.05, 0.1) is 13.6 Å². The zero-order valence-electron chi connectivity index (χ0n) is 8.79. The molecular weight excluding hydrogens is 202 g/mol. The summed E-state index contributed by atoms with van der Waals surface area (Å²) in [4.78, 5) is 1.45. The smallest absolute Gasteiger partial charge is 0.188 e. The molecule has 1 rings (SSSR count). The molecule has 1 N–H and O–H groups in total. The summed E-state index contributed by atoms with van der Waals surface area (Å²) in [5.74, 6) is 1.34. The van der Waals surface area contributed by atoms with E-state index in [1.165, 1.54) is 4.80 Å². The molecule has 0 aliphatic rings. The SMILES string of the molecule is Cn1nnc(CNCC(C)(C)CCl)n1. The first-order valence-corrected chi connectivity index (χ1v) is 5.06. The van der Waals surface area contributed by atoms with E-state index in [0.717, 1.165) is 6.54 Å². The first-order valence-electron chi connectivity index (χ1n) is 4.53. The molecule has 1 aromatic rings. The van der Waals surface area contributed by atoms with Gasteiger partial charge in [0.2, 0.25) is 0 Å². The average molecular weight is 218 g/mol. The van der Waals surface area contributed by atoms with Crippen LogP contribution in [0, 0.1) is 5.41 Å². The number of alkyl halides is 1. The molecule has 0 fully saturated rings. The molecule has 0 spiro atoms. The molecule has 1 heterocycles. The summed E-state index contributed by atoms with van der Waals surface area (Å²) in [5.41, 5.74) is 0.101. The molecule has 0 atom stereocenters. The second kappa shape index (κ2) is 4.70. The van der Waals surface area contributed by atoms with Crippen molar-refractivity contribution in [2.75, 3.05) is 12.4 Å². The molecule has 0 aliphatic carbocycles. The monoisotopic (exact) mass is 217 g/mol. The molecule has 0 bridgehead atoms. The Morgan fingerprint density at radius 1 is 1.50 bits per heavy atom. The maximum Gasteiger partial charge on any atom is 0.188 e. The highest BCUT2D eigenvalue weighted by atomic mass is 35.5. The maximum atomic E-state index is 5.79.